The topological polar surface area (TPSA) is 53.7 Å². The van der Waals surface area contributed by atoms with Crippen molar-refractivity contribution in [3.63, 3.8) is 0 Å². The fraction of sp³-hybridized carbons (Fsp3) is 0.455. The van der Waals surface area contributed by atoms with Gasteiger partial charge in [-0.2, -0.15) is 0 Å². The van der Waals surface area contributed by atoms with Gasteiger partial charge in [-0.25, -0.2) is 0 Å². The molecular weight excluding hydrogens is 194 g/mol. The molecule has 0 aliphatic rings. The first-order valence-electron chi connectivity index (χ1n) is 4.88. The Morgan fingerprint density at radius 3 is 2.53 bits per heavy atom. The van der Waals surface area contributed by atoms with Gasteiger partial charge in [0.1, 0.15) is 11.5 Å². The standard InChI is InChI=1S/C11H17NO3/c1-3-14-8-15-11-5-9(7-12)4-10(6-11)13-2/h4-6H,3,7-8,12H2,1-2H3. The van der Waals surface area contributed by atoms with Crippen molar-refractivity contribution in [3.8, 4) is 11.5 Å². The molecule has 2 N–H and O–H groups in total. The number of benzene rings is 1. The number of methoxy groups -OCH3 is 1. The minimum atomic E-state index is 0.244. The maximum Gasteiger partial charge on any atom is 0.189 e. The van der Waals surface area contributed by atoms with Crippen LogP contribution in [0, 0.1) is 0 Å². The summed E-state index contributed by atoms with van der Waals surface area (Å²) in [6.45, 7) is 3.25. The third-order valence-corrected chi connectivity index (χ3v) is 1.92. The second kappa shape index (κ2) is 6.27. The van der Waals surface area contributed by atoms with Crippen LogP contribution in [0.25, 0.3) is 0 Å². The predicted molar refractivity (Wildman–Crippen MR) is 58.0 cm³/mol. The van der Waals surface area contributed by atoms with Crippen molar-refractivity contribution in [2.45, 2.75) is 13.5 Å². The van der Waals surface area contributed by atoms with Crippen LogP contribution in [-0.4, -0.2) is 20.5 Å². The number of ether oxygens (including phenoxy) is 3. The first-order valence-corrected chi connectivity index (χ1v) is 4.88. The van der Waals surface area contributed by atoms with Crippen LogP contribution in [0.3, 0.4) is 0 Å². The zero-order valence-electron chi connectivity index (χ0n) is 9.16. The zero-order chi connectivity index (χ0) is 11.1. The number of hydrogen-bond acceptors (Lipinski definition) is 4. The molecule has 0 spiro atoms. The second-order valence-electron chi connectivity index (χ2n) is 2.98. The molecule has 0 aliphatic heterocycles. The summed E-state index contributed by atoms with van der Waals surface area (Å²) in [4.78, 5) is 0. The fourth-order valence-corrected chi connectivity index (χ4v) is 1.14. The maximum absolute atomic E-state index is 5.55. The van der Waals surface area contributed by atoms with Gasteiger partial charge in [0.05, 0.1) is 7.11 Å². The predicted octanol–water partition coefficient (Wildman–Crippen LogP) is 1.53. The summed E-state index contributed by atoms with van der Waals surface area (Å²) < 4.78 is 15.6. The van der Waals surface area contributed by atoms with Crippen molar-refractivity contribution in [3.05, 3.63) is 23.8 Å². The number of hydrogen-bond donors (Lipinski definition) is 1. The Labute approximate surface area is 89.9 Å². The molecule has 15 heavy (non-hydrogen) atoms. The zero-order valence-corrected chi connectivity index (χ0v) is 9.16. The molecule has 0 radical (unpaired) electrons. The lowest BCUT2D eigenvalue weighted by atomic mass is 10.2. The van der Waals surface area contributed by atoms with Gasteiger partial charge in [0, 0.05) is 19.2 Å². The Bertz CT molecular complexity index is 280. The van der Waals surface area contributed by atoms with Crippen molar-refractivity contribution in [1.29, 1.82) is 0 Å². The highest BCUT2D eigenvalue weighted by atomic mass is 16.7. The molecule has 0 saturated carbocycles. The first kappa shape index (κ1) is 11.8. The molecule has 0 aromatic heterocycles. The molecule has 0 atom stereocenters. The van der Waals surface area contributed by atoms with Gasteiger partial charge in [-0.3, -0.25) is 0 Å². The summed E-state index contributed by atoms with van der Waals surface area (Å²) in [5.41, 5.74) is 6.53. The second-order valence-corrected chi connectivity index (χ2v) is 2.98. The lowest BCUT2D eigenvalue weighted by Gasteiger charge is -2.09. The molecule has 0 saturated heterocycles. The van der Waals surface area contributed by atoms with E-state index < -0.39 is 0 Å². The van der Waals surface area contributed by atoms with Crippen LogP contribution >= 0.6 is 0 Å². The molecule has 0 amide bonds. The van der Waals surface area contributed by atoms with Crippen LogP contribution in [0.2, 0.25) is 0 Å². The lowest BCUT2D eigenvalue weighted by molar-refractivity contribution is 0.0223. The SMILES string of the molecule is CCOCOc1cc(CN)cc(OC)c1. The van der Waals surface area contributed by atoms with Crippen molar-refractivity contribution < 1.29 is 14.2 Å². The molecule has 0 heterocycles. The van der Waals surface area contributed by atoms with E-state index in [1.54, 1.807) is 13.2 Å². The van der Waals surface area contributed by atoms with Gasteiger partial charge in [-0.15, -0.1) is 0 Å². The van der Waals surface area contributed by atoms with Gasteiger partial charge in [0.2, 0.25) is 0 Å². The van der Waals surface area contributed by atoms with Gasteiger partial charge in [-0.05, 0) is 24.6 Å². The highest BCUT2D eigenvalue weighted by Gasteiger charge is 2.01. The highest BCUT2D eigenvalue weighted by molar-refractivity contribution is 5.38. The Kier molecular flexibility index (Phi) is 4.93. The first-order chi connectivity index (χ1) is 7.30. The quantitative estimate of drug-likeness (QED) is 0.572. The van der Waals surface area contributed by atoms with Crippen molar-refractivity contribution in [2.75, 3.05) is 20.5 Å². The molecule has 1 rings (SSSR count). The van der Waals surface area contributed by atoms with E-state index in [2.05, 4.69) is 0 Å². The lowest BCUT2D eigenvalue weighted by Crippen LogP contribution is -2.03. The van der Waals surface area contributed by atoms with Crippen molar-refractivity contribution in [2.24, 2.45) is 5.73 Å². The monoisotopic (exact) mass is 211 g/mol. The van der Waals surface area contributed by atoms with Crippen LogP contribution in [0.15, 0.2) is 18.2 Å². The van der Waals surface area contributed by atoms with Gasteiger partial charge in [0.25, 0.3) is 0 Å². The van der Waals surface area contributed by atoms with Crippen molar-refractivity contribution in [1.82, 2.24) is 0 Å². The third kappa shape index (κ3) is 3.77. The summed E-state index contributed by atoms with van der Waals surface area (Å²) in [6, 6.07) is 5.56. The Morgan fingerprint density at radius 2 is 1.93 bits per heavy atom. The minimum absolute atomic E-state index is 0.244. The van der Waals surface area contributed by atoms with E-state index >= 15 is 0 Å². The average molecular weight is 211 g/mol. The molecule has 4 nitrogen and oxygen atoms in total. The van der Waals surface area contributed by atoms with E-state index in [1.165, 1.54) is 0 Å². The van der Waals surface area contributed by atoms with E-state index in [-0.39, 0.29) is 6.79 Å². The summed E-state index contributed by atoms with van der Waals surface area (Å²) in [5, 5.41) is 0. The maximum atomic E-state index is 5.55. The minimum Gasteiger partial charge on any atom is -0.497 e. The Morgan fingerprint density at radius 1 is 1.20 bits per heavy atom. The molecule has 4 heteroatoms. The molecule has 1 aromatic carbocycles. The largest absolute Gasteiger partial charge is 0.497 e. The number of nitrogens with two attached hydrogens (primary N) is 1. The van der Waals surface area contributed by atoms with E-state index in [1.807, 2.05) is 19.1 Å². The molecule has 1 aromatic rings. The summed E-state index contributed by atoms with van der Waals surface area (Å²) in [7, 11) is 1.61. The summed E-state index contributed by atoms with van der Waals surface area (Å²) in [5.74, 6) is 1.45. The Balaban J connectivity index is 2.68. The van der Waals surface area contributed by atoms with E-state index in [0.717, 1.165) is 11.3 Å². The van der Waals surface area contributed by atoms with E-state index in [0.29, 0.717) is 18.9 Å². The average Bonchev–Trinajstić information content (AvgIpc) is 2.29. The molecule has 0 bridgehead atoms. The summed E-state index contributed by atoms with van der Waals surface area (Å²) >= 11 is 0. The van der Waals surface area contributed by atoms with Crippen LogP contribution in [-0.2, 0) is 11.3 Å². The van der Waals surface area contributed by atoms with Gasteiger partial charge in [-0.1, -0.05) is 0 Å². The molecule has 0 fully saturated rings. The van der Waals surface area contributed by atoms with Gasteiger partial charge < -0.3 is 19.9 Å². The van der Waals surface area contributed by atoms with Gasteiger partial charge >= 0.3 is 0 Å². The van der Waals surface area contributed by atoms with E-state index in [4.69, 9.17) is 19.9 Å². The highest BCUT2D eigenvalue weighted by Crippen LogP contribution is 2.22. The number of rotatable bonds is 6. The molecule has 0 unspecified atom stereocenters. The van der Waals surface area contributed by atoms with E-state index in [9.17, 15) is 0 Å². The fourth-order valence-electron chi connectivity index (χ4n) is 1.14. The molecule has 0 aliphatic carbocycles. The summed E-state index contributed by atoms with van der Waals surface area (Å²) in [6.07, 6.45) is 0. The Hall–Kier alpha value is -1.26. The molecule has 84 valence electrons. The van der Waals surface area contributed by atoms with Crippen molar-refractivity contribution >= 4 is 0 Å². The van der Waals surface area contributed by atoms with Crippen LogP contribution in [0.4, 0.5) is 0 Å². The molecular formula is C11H17NO3. The van der Waals surface area contributed by atoms with Crippen LogP contribution in [0.5, 0.6) is 11.5 Å². The third-order valence-electron chi connectivity index (χ3n) is 1.92. The van der Waals surface area contributed by atoms with Gasteiger partial charge in [0.15, 0.2) is 6.79 Å². The van der Waals surface area contributed by atoms with Crippen LogP contribution in [0.1, 0.15) is 12.5 Å². The normalized spacial score (nSPS) is 10.1. The van der Waals surface area contributed by atoms with Crippen LogP contribution < -0.4 is 15.2 Å². The smallest absolute Gasteiger partial charge is 0.189 e.